The number of hydrogen-bond acceptors (Lipinski definition) is 1. The van der Waals surface area contributed by atoms with Crippen molar-refractivity contribution in [1.82, 2.24) is 0 Å². The Bertz CT molecular complexity index is 444. The molecule has 2 aliphatic carbocycles. The van der Waals surface area contributed by atoms with Crippen LogP contribution in [-0.2, 0) is 11.2 Å². The molecular weight excluding hydrogens is 212 g/mol. The van der Waals surface area contributed by atoms with Crippen molar-refractivity contribution in [3.8, 4) is 0 Å². The van der Waals surface area contributed by atoms with Gasteiger partial charge in [0.1, 0.15) is 0 Å². The van der Waals surface area contributed by atoms with Crippen molar-refractivity contribution in [3.63, 3.8) is 0 Å². The molecule has 1 unspecified atom stereocenters. The molecule has 0 amide bonds. The van der Waals surface area contributed by atoms with Gasteiger partial charge in [0.15, 0.2) is 0 Å². The van der Waals surface area contributed by atoms with Gasteiger partial charge in [-0.15, -0.1) is 0 Å². The van der Waals surface area contributed by atoms with Gasteiger partial charge in [-0.05, 0) is 48.3 Å². The fourth-order valence-corrected chi connectivity index (χ4v) is 3.41. The summed E-state index contributed by atoms with van der Waals surface area (Å²) in [6.07, 6.45) is 7.02. The van der Waals surface area contributed by atoms with Crippen molar-refractivity contribution in [2.45, 2.75) is 50.4 Å². The minimum atomic E-state index is -0.669. The molecular formula is C15H18O2. The van der Waals surface area contributed by atoms with Crippen molar-refractivity contribution in [3.05, 3.63) is 34.9 Å². The summed E-state index contributed by atoms with van der Waals surface area (Å²) >= 11 is 0. The Balaban J connectivity index is 1.90. The van der Waals surface area contributed by atoms with Crippen LogP contribution in [-0.4, -0.2) is 11.1 Å². The summed E-state index contributed by atoms with van der Waals surface area (Å²) in [5.41, 5.74) is 3.77. The molecule has 1 N–H and O–H groups in total. The van der Waals surface area contributed by atoms with E-state index in [2.05, 4.69) is 18.2 Å². The van der Waals surface area contributed by atoms with Gasteiger partial charge in [-0.25, -0.2) is 0 Å². The van der Waals surface area contributed by atoms with Gasteiger partial charge < -0.3 is 5.11 Å². The SMILES string of the molecule is O=C(O)C1CCc2cc(C3CCCC3)ccc21. The van der Waals surface area contributed by atoms with Crippen LogP contribution in [0.3, 0.4) is 0 Å². The summed E-state index contributed by atoms with van der Waals surface area (Å²) in [5.74, 6) is -0.204. The second-order valence-corrected chi connectivity index (χ2v) is 5.37. The van der Waals surface area contributed by atoms with Gasteiger partial charge >= 0.3 is 5.97 Å². The zero-order valence-corrected chi connectivity index (χ0v) is 9.98. The first kappa shape index (κ1) is 10.8. The minimum absolute atomic E-state index is 0.261. The molecule has 90 valence electrons. The van der Waals surface area contributed by atoms with E-state index in [9.17, 15) is 4.79 Å². The van der Waals surface area contributed by atoms with Gasteiger partial charge in [0.2, 0.25) is 0 Å². The lowest BCUT2D eigenvalue weighted by Gasteiger charge is -2.12. The average Bonchev–Trinajstić information content (AvgIpc) is 2.97. The summed E-state index contributed by atoms with van der Waals surface area (Å²) in [7, 11) is 0. The number of carbonyl (C=O) groups is 1. The number of benzene rings is 1. The third-order valence-electron chi connectivity index (χ3n) is 4.37. The second kappa shape index (κ2) is 4.17. The fourth-order valence-electron chi connectivity index (χ4n) is 3.41. The molecule has 3 rings (SSSR count). The van der Waals surface area contributed by atoms with E-state index in [4.69, 9.17) is 5.11 Å². The predicted molar refractivity (Wildman–Crippen MR) is 66.3 cm³/mol. The number of carboxylic acid groups (broad SMARTS) is 1. The largest absolute Gasteiger partial charge is 0.481 e. The van der Waals surface area contributed by atoms with Crippen LogP contribution in [0.15, 0.2) is 18.2 Å². The number of aliphatic carboxylic acids is 1. The maximum Gasteiger partial charge on any atom is 0.310 e. The average molecular weight is 230 g/mol. The third-order valence-corrected chi connectivity index (χ3v) is 4.37. The number of aryl methyl sites for hydroxylation is 1. The highest BCUT2D eigenvalue weighted by Gasteiger charge is 2.29. The van der Waals surface area contributed by atoms with Crippen LogP contribution >= 0.6 is 0 Å². The predicted octanol–water partition coefficient (Wildman–Crippen LogP) is 3.46. The molecule has 2 aliphatic rings. The normalized spacial score (nSPS) is 23.9. The van der Waals surface area contributed by atoms with E-state index in [1.54, 1.807) is 0 Å². The van der Waals surface area contributed by atoms with Gasteiger partial charge in [-0.2, -0.15) is 0 Å². The molecule has 0 saturated heterocycles. The molecule has 0 bridgehead atoms. The van der Waals surface area contributed by atoms with Gasteiger partial charge in [0.05, 0.1) is 5.92 Å². The summed E-state index contributed by atoms with van der Waals surface area (Å²) in [4.78, 5) is 11.1. The first-order valence-electron chi connectivity index (χ1n) is 6.61. The van der Waals surface area contributed by atoms with Crippen LogP contribution in [0, 0.1) is 0 Å². The lowest BCUT2D eigenvalue weighted by atomic mass is 9.93. The van der Waals surface area contributed by atoms with Crippen molar-refractivity contribution in [2.24, 2.45) is 0 Å². The standard InChI is InChI=1S/C15H18O2/c16-15(17)14-8-6-12-9-11(5-7-13(12)14)10-3-1-2-4-10/h5,7,9-10,14H,1-4,6,8H2,(H,16,17). The van der Waals surface area contributed by atoms with E-state index >= 15 is 0 Å². The van der Waals surface area contributed by atoms with Crippen molar-refractivity contribution in [1.29, 1.82) is 0 Å². The highest BCUT2D eigenvalue weighted by atomic mass is 16.4. The first-order valence-corrected chi connectivity index (χ1v) is 6.61. The van der Waals surface area contributed by atoms with E-state index < -0.39 is 5.97 Å². The van der Waals surface area contributed by atoms with Crippen molar-refractivity contribution >= 4 is 5.97 Å². The van der Waals surface area contributed by atoms with Crippen LogP contribution in [0.5, 0.6) is 0 Å². The molecule has 2 heteroatoms. The number of carboxylic acids is 1. The Morgan fingerprint density at radius 1 is 1.18 bits per heavy atom. The Morgan fingerprint density at radius 2 is 1.94 bits per heavy atom. The quantitative estimate of drug-likeness (QED) is 0.844. The Labute approximate surface area is 102 Å². The molecule has 1 aromatic carbocycles. The first-order chi connectivity index (χ1) is 8.25. The molecule has 0 spiro atoms. The molecule has 1 saturated carbocycles. The number of hydrogen-bond donors (Lipinski definition) is 1. The maximum absolute atomic E-state index is 11.1. The van der Waals surface area contributed by atoms with Crippen molar-refractivity contribution in [2.75, 3.05) is 0 Å². The van der Waals surface area contributed by atoms with Crippen LogP contribution in [0.4, 0.5) is 0 Å². The smallest absolute Gasteiger partial charge is 0.310 e. The topological polar surface area (TPSA) is 37.3 Å². The van der Waals surface area contributed by atoms with Gasteiger partial charge in [-0.1, -0.05) is 31.0 Å². The summed E-state index contributed by atoms with van der Waals surface area (Å²) in [6, 6.07) is 6.50. The highest BCUT2D eigenvalue weighted by Crippen LogP contribution is 2.39. The molecule has 0 aromatic heterocycles. The molecule has 1 atom stereocenters. The fraction of sp³-hybridized carbons (Fsp3) is 0.533. The van der Waals surface area contributed by atoms with Gasteiger partial charge in [-0.3, -0.25) is 4.79 Å². The highest BCUT2D eigenvalue weighted by molar-refractivity contribution is 5.77. The molecule has 0 aliphatic heterocycles. The van der Waals surface area contributed by atoms with Crippen LogP contribution in [0.2, 0.25) is 0 Å². The van der Waals surface area contributed by atoms with Crippen LogP contribution < -0.4 is 0 Å². The molecule has 17 heavy (non-hydrogen) atoms. The van der Waals surface area contributed by atoms with Crippen LogP contribution in [0.25, 0.3) is 0 Å². The second-order valence-electron chi connectivity index (χ2n) is 5.37. The molecule has 0 radical (unpaired) electrons. The molecule has 1 fully saturated rings. The van der Waals surface area contributed by atoms with E-state index in [-0.39, 0.29) is 5.92 Å². The molecule has 0 heterocycles. The lowest BCUT2D eigenvalue weighted by Crippen LogP contribution is -2.07. The minimum Gasteiger partial charge on any atom is -0.481 e. The Morgan fingerprint density at radius 3 is 2.65 bits per heavy atom. The maximum atomic E-state index is 11.1. The van der Waals surface area contributed by atoms with E-state index in [1.165, 1.54) is 36.8 Å². The lowest BCUT2D eigenvalue weighted by molar-refractivity contribution is -0.138. The van der Waals surface area contributed by atoms with Gasteiger partial charge in [0, 0.05) is 0 Å². The van der Waals surface area contributed by atoms with Gasteiger partial charge in [0.25, 0.3) is 0 Å². The zero-order chi connectivity index (χ0) is 11.8. The monoisotopic (exact) mass is 230 g/mol. The van der Waals surface area contributed by atoms with E-state index in [0.29, 0.717) is 0 Å². The Kier molecular flexibility index (Phi) is 2.65. The third kappa shape index (κ3) is 1.86. The zero-order valence-electron chi connectivity index (χ0n) is 9.98. The molecule has 1 aromatic rings. The summed E-state index contributed by atoms with van der Waals surface area (Å²) in [5, 5.41) is 9.14. The van der Waals surface area contributed by atoms with Crippen LogP contribution in [0.1, 0.15) is 60.6 Å². The van der Waals surface area contributed by atoms with E-state index in [1.807, 2.05) is 0 Å². The Hall–Kier alpha value is -1.31. The number of rotatable bonds is 2. The van der Waals surface area contributed by atoms with Crippen molar-refractivity contribution < 1.29 is 9.90 Å². The van der Waals surface area contributed by atoms with E-state index in [0.717, 1.165) is 24.3 Å². The number of fused-ring (bicyclic) bond motifs is 1. The summed E-state index contributed by atoms with van der Waals surface area (Å²) < 4.78 is 0. The molecule has 2 nitrogen and oxygen atoms in total. The summed E-state index contributed by atoms with van der Waals surface area (Å²) in [6.45, 7) is 0.